The van der Waals surface area contributed by atoms with Gasteiger partial charge in [0.15, 0.2) is 5.96 Å². The molecule has 0 bridgehead atoms. The van der Waals surface area contributed by atoms with E-state index in [1.807, 2.05) is 48.5 Å². The summed E-state index contributed by atoms with van der Waals surface area (Å²) in [5, 5.41) is 3.06. The van der Waals surface area contributed by atoms with Crippen molar-refractivity contribution in [2.75, 3.05) is 39.7 Å². The Morgan fingerprint density at radius 3 is 2.26 bits per heavy atom. The van der Waals surface area contributed by atoms with Crippen LogP contribution >= 0.6 is 24.0 Å². The first kappa shape index (κ1) is 23.0. The largest absolute Gasteiger partial charge is 0.497 e. The van der Waals surface area contributed by atoms with E-state index in [-0.39, 0.29) is 24.0 Å². The summed E-state index contributed by atoms with van der Waals surface area (Å²) in [6.07, 6.45) is 1.01. The van der Waals surface area contributed by atoms with E-state index >= 15 is 0 Å². The van der Waals surface area contributed by atoms with Gasteiger partial charge in [-0.25, -0.2) is 4.99 Å². The fraction of sp³-hybridized carbons (Fsp3) is 0.350. The Kier molecular flexibility index (Phi) is 10.6. The molecule has 0 saturated carbocycles. The molecule has 0 aromatic heterocycles. The van der Waals surface area contributed by atoms with E-state index in [1.165, 1.54) is 0 Å². The van der Waals surface area contributed by atoms with E-state index in [0.717, 1.165) is 35.7 Å². The van der Waals surface area contributed by atoms with Crippen molar-refractivity contribution >= 4 is 35.6 Å². The van der Waals surface area contributed by atoms with Crippen molar-refractivity contribution in [3.05, 3.63) is 54.1 Å². The van der Waals surface area contributed by atoms with Crippen LogP contribution in [0.4, 0.5) is 5.69 Å². The fourth-order valence-corrected chi connectivity index (χ4v) is 2.30. The highest BCUT2D eigenvalue weighted by Crippen LogP contribution is 2.15. The summed E-state index contributed by atoms with van der Waals surface area (Å²) in [5.74, 6) is 2.05. The molecule has 0 heterocycles. The van der Waals surface area contributed by atoms with Crippen LogP contribution in [0.2, 0.25) is 0 Å². The summed E-state index contributed by atoms with van der Waals surface area (Å²) >= 11 is 0. The van der Waals surface area contributed by atoms with E-state index in [4.69, 9.17) is 15.2 Å². The topological polar surface area (TPSA) is 72.1 Å². The van der Waals surface area contributed by atoms with Crippen molar-refractivity contribution in [1.82, 2.24) is 4.90 Å². The highest BCUT2D eigenvalue weighted by atomic mass is 127. The lowest BCUT2D eigenvalue weighted by Gasteiger charge is -2.10. The van der Waals surface area contributed by atoms with Crippen LogP contribution in [0.5, 0.6) is 11.5 Å². The number of guanidine groups is 1. The molecule has 0 aliphatic rings. The number of halogens is 1. The van der Waals surface area contributed by atoms with E-state index in [1.54, 1.807) is 7.11 Å². The average molecular weight is 484 g/mol. The maximum Gasteiger partial charge on any atom is 0.193 e. The summed E-state index contributed by atoms with van der Waals surface area (Å²) in [6.45, 7) is 2.25. The zero-order valence-corrected chi connectivity index (χ0v) is 18.5. The van der Waals surface area contributed by atoms with Gasteiger partial charge in [0.25, 0.3) is 0 Å². The first-order valence-corrected chi connectivity index (χ1v) is 8.64. The van der Waals surface area contributed by atoms with Crippen LogP contribution < -0.4 is 20.5 Å². The summed E-state index contributed by atoms with van der Waals surface area (Å²) in [6, 6.07) is 15.5. The molecular weight excluding hydrogens is 455 g/mol. The van der Waals surface area contributed by atoms with Gasteiger partial charge in [-0.1, -0.05) is 12.1 Å². The number of anilines is 1. The van der Waals surface area contributed by atoms with Gasteiger partial charge in [0.1, 0.15) is 11.5 Å². The van der Waals surface area contributed by atoms with Crippen molar-refractivity contribution in [1.29, 1.82) is 0 Å². The van der Waals surface area contributed by atoms with Crippen LogP contribution in [0.25, 0.3) is 0 Å². The van der Waals surface area contributed by atoms with Crippen molar-refractivity contribution < 1.29 is 9.47 Å². The Labute approximate surface area is 178 Å². The first-order valence-electron chi connectivity index (χ1n) is 8.64. The molecule has 0 spiro atoms. The standard InChI is InChI=1S/C20H28N4O2.HI/c1-24(2)13-4-14-26-19-9-5-16(6-10-19)15-22-20(21)23-17-7-11-18(25-3)12-8-17;/h5-12H,4,13-15H2,1-3H3,(H3,21,22,23);1H. The molecule has 0 saturated heterocycles. The number of rotatable bonds is 9. The van der Waals surface area contributed by atoms with Gasteiger partial charge in [-0.3, -0.25) is 0 Å². The molecule has 0 fully saturated rings. The minimum atomic E-state index is 0. The van der Waals surface area contributed by atoms with Gasteiger partial charge in [-0.05, 0) is 62.5 Å². The van der Waals surface area contributed by atoms with Crippen LogP contribution in [0.1, 0.15) is 12.0 Å². The smallest absolute Gasteiger partial charge is 0.193 e. The summed E-state index contributed by atoms with van der Waals surface area (Å²) in [7, 11) is 5.76. The SMILES string of the molecule is COc1ccc(NC(N)=NCc2ccc(OCCCN(C)C)cc2)cc1.I. The zero-order chi connectivity index (χ0) is 18.8. The molecule has 2 aromatic carbocycles. The molecule has 3 N–H and O–H groups in total. The third kappa shape index (κ3) is 8.96. The number of nitrogens with two attached hydrogens (primary N) is 1. The minimum Gasteiger partial charge on any atom is -0.497 e. The second-order valence-corrected chi connectivity index (χ2v) is 6.20. The number of nitrogens with one attached hydrogen (secondary N) is 1. The quantitative estimate of drug-likeness (QED) is 0.247. The Hall–Kier alpha value is -2.00. The highest BCUT2D eigenvalue weighted by Gasteiger charge is 1.99. The highest BCUT2D eigenvalue weighted by molar-refractivity contribution is 14.0. The number of hydrogen-bond donors (Lipinski definition) is 2. The van der Waals surface area contributed by atoms with E-state index in [2.05, 4.69) is 29.3 Å². The van der Waals surface area contributed by atoms with Crippen molar-refractivity contribution in [3.8, 4) is 11.5 Å². The third-order valence-corrected chi connectivity index (χ3v) is 3.74. The molecule has 0 aliphatic carbocycles. The summed E-state index contributed by atoms with van der Waals surface area (Å²) < 4.78 is 10.9. The molecule has 0 aliphatic heterocycles. The molecule has 2 aromatic rings. The van der Waals surface area contributed by atoms with E-state index < -0.39 is 0 Å². The summed E-state index contributed by atoms with van der Waals surface area (Å²) in [5.41, 5.74) is 7.88. The van der Waals surface area contributed by atoms with Gasteiger partial charge in [-0.15, -0.1) is 24.0 Å². The Morgan fingerprint density at radius 1 is 1.04 bits per heavy atom. The number of hydrogen-bond acceptors (Lipinski definition) is 4. The van der Waals surface area contributed by atoms with Gasteiger partial charge in [0, 0.05) is 12.2 Å². The number of ether oxygens (including phenoxy) is 2. The number of aliphatic imine (C=N–C) groups is 1. The van der Waals surface area contributed by atoms with Crippen LogP contribution in [-0.2, 0) is 6.54 Å². The zero-order valence-electron chi connectivity index (χ0n) is 16.1. The van der Waals surface area contributed by atoms with Crippen molar-refractivity contribution in [2.24, 2.45) is 10.7 Å². The van der Waals surface area contributed by atoms with Gasteiger partial charge in [0.05, 0.1) is 20.3 Å². The molecule has 148 valence electrons. The maximum atomic E-state index is 5.94. The Bertz CT molecular complexity index is 688. The van der Waals surface area contributed by atoms with Crippen molar-refractivity contribution in [3.63, 3.8) is 0 Å². The molecule has 0 atom stereocenters. The fourth-order valence-electron chi connectivity index (χ4n) is 2.30. The van der Waals surface area contributed by atoms with Crippen LogP contribution in [0.15, 0.2) is 53.5 Å². The lowest BCUT2D eigenvalue weighted by molar-refractivity contribution is 0.281. The maximum absolute atomic E-state index is 5.94. The Morgan fingerprint density at radius 2 is 1.67 bits per heavy atom. The van der Waals surface area contributed by atoms with Gasteiger partial charge >= 0.3 is 0 Å². The van der Waals surface area contributed by atoms with Crippen LogP contribution in [-0.4, -0.2) is 45.2 Å². The molecule has 0 amide bonds. The first-order chi connectivity index (χ1) is 12.6. The number of benzene rings is 2. The predicted octanol–water partition coefficient (Wildman–Crippen LogP) is 3.57. The van der Waals surface area contributed by atoms with E-state index in [0.29, 0.717) is 19.1 Å². The normalized spacial score (nSPS) is 11.0. The van der Waals surface area contributed by atoms with Crippen molar-refractivity contribution in [2.45, 2.75) is 13.0 Å². The molecule has 6 nitrogen and oxygen atoms in total. The third-order valence-electron chi connectivity index (χ3n) is 3.74. The lowest BCUT2D eigenvalue weighted by Crippen LogP contribution is -2.22. The van der Waals surface area contributed by atoms with Gasteiger partial charge in [0.2, 0.25) is 0 Å². The number of methoxy groups -OCH3 is 1. The molecule has 2 rings (SSSR count). The Balaban J connectivity index is 0.00000364. The van der Waals surface area contributed by atoms with Crippen LogP contribution in [0, 0.1) is 0 Å². The van der Waals surface area contributed by atoms with Gasteiger partial charge in [-0.2, -0.15) is 0 Å². The average Bonchev–Trinajstić information content (AvgIpc) is 2.65. The predicted molar refractivity (Wildman–Crippen MR) is 122 cm³/mol. The molecule has 0 unspecified atom stereocenters. The number of nitrogens with zero attached hydrogens (tertiary/aromatic N) is 2. The summed E-state index contributed by atoms with van der Waals surface area (Å²) in [4.78, 5) is 6.51. The molecule has 27 heavy (non-hydrogen) atoms. The monoisotopic (exact) mass is 484 g/mol. The van der Waals surface area contributed by atoms with Crippen LogP contribution in [0.3, 0.4) is 0 Å². The second-order valence-electron chi connectivity index (χ2n) is 6.20. The van der Waals surface area contributed by atoms with E-state index in [9.17, 15) is 0 Å². The lowest BCUT2D eigenvalue weighted by atomic mass is 10.2. The molecular formula is C20H29IN4O2. The molecule has 0 radical (unpaired) electrons. The minimum absolute atomic E-state index is 0. The second kappa shape index (κ2) is 12.4. The van der Waals surface area contributed by atoms with Gasteiger partial charge < -0.3 is 25.4 Å². The molecule has 7 heteroatoms.